The molecular formula is C15H21BrN2OS. The largest absolute Gasteiger partial charge is 0.355 e. The first-order valence-electron chi connectivity index (χ1n) is 7.06. The minimum atomic E-state index is -0.0575. The molecule has 2 N–H and O–H groups in total. The number of carbonyl (C=O) groups excluding carboxylic acids is 1. The summed E-state index contributed by atoms with van der Waals surface area (Å²) in [5.41, 5.74) is 0. The number of rotatable bonds is 6. The molecule has 0 aromatic heterocycles. The molecule has 1 fully saturated rings. The van der Waals surface area contributed by atoms with Gasteiger partial charge in [0.1, 0.15) is 0 Å². The molecule has 1 amide bonds. The van der Waals surface area contributed by atoms with Crippen molar-refractivity contribution in [3.63, 3.8) is 0 Å². The number of halogens is 1. The second kappa shape index (κ2) is 8.05. The summed E-state index contributed by atoms with van der Waals surface area (Å²) in [5, 5.41) is 6.34. The van der Waals surface area contributed by atoms with Crippen LogP contribution in [0.15, 0.2) is 33.6 Å². The first-order chi connectivity index (χ1) is 9.65. The summed E-state index contributed by atoms with van der Waals surface area (Å²) < 4.78 is 1.06. The zero-order valence-electron chi connectivity index (χ0n) is 11.7. The molecule has 110 valence electrons. The summed E-state index contributed by atoms with van der Waals surface area (Å²) in [4.78, 5) is 13.2. The lowest BCUT2D eigenvalue weighted by atomic mass is 10.1. The number of thioether (sulfide) groups is 1. The Labute approximate surface area is 133 Å². The molecule has 0 radical (unpaired) electrons. The Balaban J connectivity index is 1.69. The molecule has 1 aromatic carbocycles. The summed E-state index contributed by atoms with van der Waals surface area (Å²) in [7, 11) is 0. The van der Waals surface area contributed by atoms with E-state index >= 15 is 0 Å². The van der Waals surface area contributed by atoms with Crippen LogP contribution in [-0.2, 0) is 4.79 Å². The highest BCUT2D eigenvalue weighted by molar-refractivity contribution is 9.10. The van der Waals surface area contributed by atoms with Gasteiger partial charge in [0.2, 0.25) is 5.91 Å². The van der Waals surface area contributed by atoms with Gasteiger partial charge in [-0.25, -0.2) is 0 Å². The zero-order chi connectivity index (χ0) is 14.4. The van der Waals surface area contributed by atoms with Gasteiger partial charge in [-0.05, 0) is 63.0 Å². The number of hydrogen-bond donors (Lipinski definition) is 2. The van der Waals surface area contributed by atoms with Gasteiger partial charge in [0.25, 0.3) is 0 Å². The smallest absolute Gasteiger partial charge is 0.233 e. The number of nitrogens with one attached hydrogen (secondary N) is 2. The Hall–Kier alpha value is -0.520. The van der Waals surface area contributed by atoms with Crippen molar-refractivity contribution in [3.05, 3.63) is 28.7 Å². The van der Waals surface area contributed by atoms with Crippen LogP contribution in [0.4, 0.5) is 0 Å². The fourth-order valence-electron chi connectivity index (χ4n) is 2.27. The maximum absolute atomic E-state index is 12.0. The first-order valence-corrected chi connectivity index (χ1v) is 8.73. The lowest BCUT2D eigenvalue weighted by Crippen LogP contribution is -2.32. The Morgan fingerprint density at radius 1 is 1.50 bits per heavy atom. The Morgan fingerprint density at radius 3 is 2.90 bits per heavy atom. The van der Waals surface area contributed by atoms with Crippen LogP contribution in [0.5, 0.6) is 0 Å². The molecule has 0 aliphatic carbocycles. The molecule has 0 bridgehead atoms. The summed E-state index contributed by atoms with van der Waals surface area (Å²) in [6.07, 6.45) is 2.31. The van der Waals surface area contributed by atoms with Crippen molar-refractivity contribution in [3.8, 4) is 0 Å². The molecular weight excluding hydrogens is 336 g/mol. The standard InChI is InChI=1S/C15H21BrN2OS/c1-11(20-14-4-2-13(16)3-5-14)15(19)18-9-7-12-6-8-17-10-12/h2-5,11-12,17H,6-10H2,1H3,(H,18,19). The first kappa shape index (κ1) is 15.9. The Kier molecular flexibility index (Phi) is 6.39. The second-order valence-corrected chi connectivity index (χ2v) is 7.48. The van der Waals surface area contributed by atoms with Crippen LogP contribution in [0.1, 0.15) is 19.8 Å². The van der Waals surface area contributed by atoms with E-state index in [9.17, 15) is 4.79 Å². The van der Waals surface area contributed by atoms with Crippen LogP contribution in [0, 0.1) is 5.92 Å². The van der Waals surface area contributed by atoms with E-state index < -0.39 is 0 Å². The van der Waals surface area contributed by atoms with Gasteiger partial charge < -0.3 is 10.6 Å². The van der Waals surface area contributed by atoms with Gasteiger partial charge in [0.05, 0.1) is 5.25 Å². The molecule has 1 saturated heterocycles. The SMILES string of the molecule is CC(Sc1ccc(Br)cc1)C(=O)NCCC1CCNC1. The van der Waals surface area contributed by atoms with Crippen molar-refractivity contribution in [1.29, 1.82) is 0 Å². The third kappa shape index (κ3) is 5.11. The summed E-state index contributed by atoms with van der Waals surface area (Å²) in [5.74, 6) is 0.855. The van der Waals surface area contributed by atoms with Gasteiger partial charge in [0.15, 0.2) is 0 Å². The fourth-order valence-corrected chi connectivity index (χ4v) is 3.43. The maximum Gasteiger partial charge on any atom is 0.233 e. The van der Waals surface area contributed by atoms with Crippen molar-refractivity contribution < 1.29 is 4.79 Å². The predicted octanol–water partition coefficient (Wildman–Crippen LogP) is 3.05. The highest BCUT2D eigenvalue weighted by Gasteiger charge is 2.16. The molecule has 2 rings (SSSR count). The van der Waals surface area contributed by atoms with Crippen LogP contribution in [0.25, 0.3) is 0 Å². The van der Waals surface area contributed by atoms with Crippen LogP contribution in [0.2, 0.25) is 0 Å². The van der Waals surface area contributed by atoms with Crippen molar-refractivity contribution in [1.82, 2.24) is 10.6 Å². The van der Waals surface area contributed by atoms with Crippen molar-refractivity contribution in [2.24, 2.45) is 5.92 Å². The van der Waals surface area contributed by atoms with E-state index in [0.717, 1.165) is 41.3 Å². The number of benzene rings is 1. The summed E-state index contributed by atoms with van der Waals surface area (Å²) in [6, 6.07) is 8.06. The van der Waals surface area contributed by atoms with E-state index in [0.29, 0.717) is 0 Å². The van der Waals surface area contributed by atoms with Crippen LogP contribution >= 0.6 is 27.7 Å². The van der Waals surface area contributed by atoms with Crippen molar-refractivity contribution >= 4 is 33.6 Å². The topological polar surface area (TPSA) is 41.1 Å². The average molecular weight is 357 g/mol. The van der Waals surface area contributed by atoms with E-state index in [-0.39, 0.29) is 11.2 Å². The van der Waals surface area contributed by atoms with Crippen molar-refractivity contribution in [2.45, 2.75) is 29.9 Å². The number of hydrogen-bond acceptors (Lipinski definition) is 3. The number of amides is 1. The van der Waals surface area contributed by atoms with Gasteiger partial charge >= 0.3 is 0 Å². The highest BCUT2D eigenvalue weighted by Crippen LogP contribution is 2.24. The number of carbonyl (C=O) groups is 1. The predicted molar refractivity (Wildman–Crippen MR) is 88.1 cm³/mol. The minimum absolute atomic E-state index is 0.0575. The molecule has 0 saturated carbocycles. The molecule has 1 heterocycles. The minimum Gasteiger partial charge on any atom is -0.355 e. The molecule has 1 aromatic rings. The zero-order valence-corrected chi connectivity index (χ0v) is 14.1. The van der Waals surface area contributed by atoms with Gasteiger partial charge in [-0.3, -0.25) is 4.79 Å². The lowest BCUT2D eigenvalue weighted by molar-refractivity contribution is -0.120. The molecule has 5 heteroatoms. The van der Waals surface area contributed by atoms with E-state index in [1.54, 1.807) is 11.8 Å². The van der Waals surface area contributed by atoms with Gasteiger partial charge in [-0.15, -0.1) is 11.8 Å². The van der Waals surface area contributed by atoms with E-state index in [1.165, 1.54) is 6.42 Å². The van der Waals surface area contributed by atoms with Gasteiger partial charge in [-0.2, -0.15) is 0 Å². The molecule has 0 spiro atoms. The van der Waals surface area contributed by atoms with E-state index in [2.05, 4.69) is 26.6 Å². The summed E-state index contributed by atoms with van der Waals surface area (Å²) >= 11 is 5.01. The lowest BCUT2D eigenvalue weighted by Gasteiger charge is -2.13. The average Bonchev–Trinajstić information content (AvgIpc) is 2.94. The second-order valence-electron chi connectivity index (χ2n) is 5.15. The molecule has 1 aliphatic heterocycles. The van der Waals surface area contributed by atoms with E-state index in [1.807, 2.05) is 31.2 Å². The summed E-state index contributed by atoms with van der Waals surface area (Å²) in [6.45, 7) is 4.96. The molecule has 2 unspecified atom stereocenters. The molecule has 20 heavy (non-hydrogen) atoms. The third-order valence-corrected chi connectivity index (χ3v) is 5.15. The Morgan fingerprint density at radius 2 is 2.25 bits per heavy atom. The third-order valence-electron chi connectivity index (χ3n) is 3.51. The van der Waals surface area contributed by atoms with E-state index in [4.69, 9.17) is 0 Å². The van der Waals surface area contributed by atoms with Gasteiger partial charge in [-0.1, -0.05) is 15.9 Å². The molecule has 3 nitrogen and oxygen atoms in total. The monoisotopic (exact) mass is 356 g/mol. The van der Waals surface area contributed by atoms with Crippen LogP contribution in [0.3, 0.4) is 0 Å². The normalized spacial score (nSPS) is 19.8. The van der Waals surface area contributed by atoms with Crippen molar-refractivity contribution in [2.75, 3.05) is 19.6 Å². The highest BCUT2D eigenvalue weighted by atomic mass is 79.9. The maximum atomic E-state index is 12.0. The fraction of sp³-hybridized carbons (Fsp3) is 0.533. The van der Waals surface area contributed by atoms with Gasteiger partial charge in [0, 0.05) is 15.9 Å². The van der Waals surface area contributed by atoms with Crippen LogP contribution < -0.4 is 10.6 Å². The van der Waals surface area contributed by atoms with Crippen LogP contribution in [-0.4, -0.2) is 30.8 Å². The molecule has 1 aliphatic rings. The molecule has 2 atom stereocenters. The Bertz CT molecular complexity index is 432. The quantitative estimate of drug-likeness (QED) is 0.769.